The fourth-order valence-corrected chi connectivity index (χ4v) is 3.48. The van der Waals surface area contributed by atoms with Crippen molar-refractivity contribution in [2.24, 2.45) is 5.92 Å². The molecule has 0 aliphatic carbocycles. The molecule has 152 valence electrons. The lowest BCUT2D eigenvalue weighted by Crippen LogP contribution is -2.47. The highest BCUT2D eigenvalue weighted by Crippen LogP contribution is 2.19. The zero-order chi connectivity index (χ0) is 20.8. The van der Waals surface area contributed by atoms with Gasteiger partial charge in [0.1, 0.15) is 0 Å². The molecule has 0 radical (unpaired) electrons. The maximum Gasteiger partial charge on any atom is 0.304 e. The molecule has 0 unspecified atom stereocenters. The second-order valence-corrected chi connectivity index (χ2v) is 7.39. The first kappa shape index (κ1) is 20.5. The topological polar surface area (TPSA) is 99.6 Å². The van der Waals surface area contributed by atoms with Crippen LogP contribution in [-0.2, 0) is 14.4 Å². The first-order chi connectivity index (χ1) is 13.9. The number of aromatic nitrogens is 1. The summed E-state index contributed by atoms with van der Waals surface area (Å²) in [7, 11) is 0. The number of carbonyl (C=O) groups excluding carboxylic acids is 2. The molecule has 2 N–H and O–H groups in total. The second kappa shape index (κ2) is 9.32. The quantitative estimate of drug-likeness (QED) is 0.732. The molecular weight excluding hydrogens is 370 g/mol. The molecule has 1 atom stereocenters. The fourth-order valence-electron chi connectivity index (χ4n) is 3.48. The Hall–Kier alpha value is -3.22. The number of hydrogen-bond acceptors (Lipinski definition) is 4. The van der Waals surface area contributed by atoms with E-state index >= 15 is 0 Å². The Kier molecular flexibility index (Phi) is 6.59. The highest BCUT2D eigenvalue weighted by atomic mass is 16.4. The van der Waals surface area contributed by atoms with E-state index in [0.29, 0.717) is 25.9 Å². The van der Waals surface area contributed by atoms with Crippen molar-refractivity contribution in [2.45, 2.75) is 32.2 Å². The Morgan fingerprint density at radius 3 is 2.69 bits per heavy atom. The molecule has 0 saturated carbocycles. The minimum Gasteiger partial charge on any atom is -0.481 e. The Labute approximate surface area is 169 Å². The molecule has 1 aromatic carbocycles. The Morgan fingerprint density at radius 2 is 1.97 bits per heavy atom. The van der Waals surface area contributed by atoms with Crippen LogP contribution in [0.4, 0.5) is 0 Å². The van der Waals surface area contributed by atoms with Crippen LogP contribution in [0, 0.1) is 5.92 Å². The number of nitrogens with zero attached hydrogens (tertiary/aromatic N) is 2. The molecule has 0 spiro atoms. The second-order valence-electron chi connectivity index (χ2n) is 7.39. The van der Waals surface area contributed by atoms with Crippen LogP contribution in [0.5, 0.6) is 0 Å². The van der Waals surface area contributed by atoms with E-state index in [0.717, 1.165) is 16.3 Å². The van der Waals surface area contributed by atoms with Gasteiger partial charge in [-0.15, -0.1) is 0 Å². The Bertz CT molecular complexity index is 927. The first-order valence-corrected chi connectivity index (χ1v) is 9.76. The number of pyridine rings is 1. The van der Waals surface area contributed by atoms with E-state index in [1.807, 2.05) is 24.3 Å². The summed E-state index contributed by atoms with van der Waals surface area (Å²) in [5.41, 5.74) is 0.894. The Balaban J connectivity index is 1.53. The summed E-state index contributed by atoms with van der Waals surface area (Å²) in [6, 6.07) is 7.86. The number of fused-ring (bicyclic) bond motifs is 1. The molecule has 7 nitrogen and oxygen atoms in total. The third kappa shape index (κ3) is 5.40. The van der Waals surface area contributed by atoms with Crippen molar-refractivity contribution in [3.8, 4) is 0 Å². The minimum absolute atomic E-state index is 0.0333. The highest BCUT2D eigenvalue weighted by molar-refractivity contribution is 5.96. The first-order valence-electron chi connectivity index (χ1n) is 9.76. The van der Waals surface area contributed by atoms with E-state index in [9.17, 15) is 14.4 Å². The summed E-state index contributed by atoms with van der Waals surface area (Å²) in [6.07, 6.45) is 8.02. The maximum absolute atomic E-state index is 12.5. The largest absolute Gasteiger partial charge is 0.481 e. The molecule has 29 heavy (non-hydrogen) atoms. The number of benzene rings is 1. The fraction of sp³-hybridized carbons (Fsp3) is 0.364. The van der Waals surface area contributed by atoms with E-state index in [-0.39, 0.29) is 24.3 Å². The van der Waals surface area contributed by atoms with Crippen molar-refractivity contribution in [3.63, 3.8) is 0 Å². The summed E-state index contributed by atoms with van der Waals surface area (Å²) < 4.78 is 0. The van der Waals surface area contributed by atoms with E-state index in [2.05, 4.69) is 10.3 Å². The van der Waals surface area contributed by atoms with Crippen molar-refractivity contribution in [1.82, 2.24) is 15.2 Å². The number of carbonyl (C=O) groups is 3. The number of amides is 2. The number of likely N-dealkylation sites (tertiary alicyclic amines) is 1. The van der Waals surface area contributed by atoms with Crippen LogP contribution in [-0.4, -0.2) is 51.9 Å². The number of rotatable bonds is 6. The van der Waals surface area contributed by atoms with Gasteiger partial charge in [-0.1, -0.05) is 31.2 Å². The average Bonchev–Trinajstić information content (AvgIpc) is 2.72. The van der Waals surface area contributed by atoms with Crippen molar-refractivity contribution >= 4 is 34.6 Å². The molecule has 1 aliphatic heterocycles. The standard InChI is InChI=1S/C22H25N3O4/c1-15(12-21(27)28)22(29)24-18-8-10-25(11-9-18)20(26)7-6-17-14-23-13-16-4-2-3-5-19(16)17/h2-7,13-15,18H,8-12H2,1H3,(H,24,29)(H,27,28)/b7-6+/t15-/m0/s1. The number of piperidine rings is 1. The lowest BCUT2D eigenvalue weighted by molar-refractivity contribution is -0.141. The van der Waals surface area contributed by atoms with Gasteiger partial charge in [0.05, 0.1) is 6.42 Å². The highest BCUT2D eigenvalue weighted by Gasteiger charge is 2.25. The number of hydrogen-bond donors (Lipinski definition) is 2. The van der Waals surface area contributed by atoms with Crippen LogP contribution >= 0.6 is 0 Å². The molecule has 2 amide bonds. The van der Waals surface area contributed by atoms with Gasteiger partial charge in [0.15, 0.2) is 0 Å². The number of aliphatic carboxylic acids is 1. The van der Waals surface area contributed by atoms with E-state index in [4.69, 9.17) is 5.11 Å². The van der Waals surface area contributed by atoms with Crippen LogP contribution in [0.2, 0.25) is 0 Å². The van der Waals surface area contributed by atoms with Crippen LogP contribution in [0.3, 0.4) is 0 Å². The van der Waals surface area contributed by atoms with Crippen LogP contribution in [0.15, 0.2) is 42.7 Å². The van der Waals surface area contributed by atoms with Gasteiger partial charge in [0.2, 0.25) is 11.8 Å². The molecule has 1 saturated heterocycles. The Morgan fingerprint density at radius 1 is 1.24 bits per heavy atom. The predicted octanol–water partition coefficient (Wildman–Crippen LogP) is 2.47. The number of nitrogens with one attached hydrogen (secondary N) is 1. The molecule has 7 heteroatoms. The van der Waals surface area contributed by atoms with Crippen molar-refractivity contribution < 1.29 is 19.5 Å². The molecule has 2 aromatic rings. The number of carboxylic acid groups (broad SMARTS) is 1. The van der Waals surface area contributed by atoms with Crippen molar-refractivity contribution in [2.75, 3.05) is 13.1 Å². The van der Waals surface area contributed by atoms with E-state index < -0.39 is 11.9 Å². The minimum atomic E-state index is -0.985. The molecule has 0 bridgehead atoms. The normalized spacial score (nSPS) is 16.1. The molecule has 3 rings (SSSR count). The van der Waals surface area contributed by atoms with Gasteiger partial charge in [-0.05, 0) is 24.3 Å². The number of carboxylic acids is 1. The molecular formula is C22H25N3O4. The summed E-state index contributed by atoms with van der Waals surface area (Å²) in [6.45, 7) is 2.71. The van der Waals surface area contributed by atoms with Gasteiger partial charge in [0, 0.05) is 54.5 Å². The van der Waals surface area contributed by atoms with E-state index in [1.165, 1.54) is 0 Å². The summed E-state index contributed by atoms with van der Waals surface area (Å²) in [5.74, 6) is -1.87. The SMILES string of the molecule is C[C@@H](CC(=O)O)C(=O)NC1CCN(C(=O)/C=C/c2cncc3ccccc23)CC1. The smallest absolute Gasteiger partial charge is 0.304 e. The molecule has 1 aliphatic rings. The summed E-state index contributed by atoms with van der Waals surface area (Å²) in [4.78, 5) is 41.3. The van der Waals surface area contributed by atoms with E-state index in [1.54, 1.807) is 36.4 Å². The lowest BCUT2D eigenvalue weighted by Gasteiger charge is -2.32. The summed E-state index contributed by atoms with van der Waals surface area (Å²) in [5, 5.41) is 13.8. The predicted molar refractivity (Wildman–Crippen MR) is 110 cm³/mol. The van der Waals surface area contributed by atoms with Crippen LogP contribution < -0.4 is 5.32 Å². The monoisotopic (exact) mass is 395 g/mol. The van der Waals surface area contributed by atoms with Gasteiger partial charge >= 0.3 is 5.97 Å². The third-order valence-corrected chi connectivity index (χ3v) is 5.19. The van der Waals surface area contributed by atoms with Crippen LogP contribution in [0.1, 0.15) is 31.7 Å². The summed E-state index contributed by atoms with van der Waals surface area (Å²) >= 11 is 0. The molecule has 2 heterocycles. The van der Waals surface area contributed by atoms with Crippen molar-refractivity contribution in [1.29, 1.82) is 0 Å². The lowest BCUT2D eigenvalue weighted by atomic mass is 10.0. The van der Waals surface area contributed by atoms with Gasteiger partial charge in [-0.2, -0.15) is 0 Å². The molecule has 1 fully saturated rings. The molecule has 1 aromatic heterocycles. The van der Waals surface area contributed by atoms with Gasteiger partial charge in [-0.25, -0.2) is 0 Å². The third-order valence-electron chi connectivity index (χ3n) is 5.19. The maximum atomic E-state index is 12.5. The average molecular weight is 395 g/mol. The zero-order valence-corrected chi connectivity index (χ0v) is 16.4. The van der Waals surface area contributed by atoms with Crippen LogP contribution in [0.25, 0.3) is 16.8 Å². The van der Waals surface area contributed by atoms with Gasteiger partial charge in [0.25, 0.3) is 0 Å². The van der Waals surface area contributed by atoms with Gasteiger partial charge < -0.3 is 15.3 Å². The van der Waals surface area contributed by atoms with Crippen molar-refractivity contribution in [3.05, 3.63) is 48.3 Å². The van der Waals surface area contributed by atoms with Gasteiger partial charge in [-0.3, -0.25) is 19.4 Å². The zero-order valence-electron chi connectivity index (χ0n) is 16.4.